The van der Waals surface area contributed by atoms with Gasteiger partial charge in [0.25, 0.3) is 0 Å². The van der Waals surface area contributed by atoms with Crippen molar-refractivity contribution in [3.8, 4) is 0 Å². The van der Waals surface area contributed by atoms with E-state index in [9.17, 15) is 9.18 Å². The highest BCUT2D eigenvalue weighted by Crippen LogP contribution is 2.07. The molecule has 0 spiro atoms. The molecule has 2 atom stereocenters. The molecule has 22 heavy (non-hydrogen) atoms. The van der Waals surface area contributed by atoms with Crippen LogP contribution in [0.2, 0.25) is 0 Å². The predicted octanol–water partition coefficient (Wildman–Crippen LogP) is 3.26. The molecule has 0 fully saturated rings. The average Bonchev–Trinajstić information content (AvgIpc) is 2.34. The number of alkyl carbamates (subject to hydrolysis) is 1. The van der Waals surface area contributed by atoms with Crippen LogP contribution in [0.4, 0.5) is 9.18 Å². The van der Waals surface area contributed by atoms with Gasteiger partial charge in [0.15, 0.2) is 0 Å². The minimum Gasteiger partial charge on any atom is -0.444 e. The van der Waals surface area contributed by atoms with Crippen LogP contribution in [-0.4, -0.2) is 30.3 Å². The molecule has 0 heterocycles. The summed E-state index contributed by atoms with van der Waals surface area (Å²) in [4.78, 5) is 11.6. The second-order valence-corrected chi connectivity index (χ2v) is 6.69. The van der Waals surface area contributed by atoms with Gasteiger partial charge < -0.3 is 15.4 Å². The lowest BCUT2D eigenvalue weighted by molar-refractivity contribution is 0.0507. The quantitative estimate of drug-likeness (QED) is 0.848. The Balaban J connectivity index is 2.31. The van der Waals surface area contributed by atoms with Gasteiger partial charge in [-0.05, 0) is 58.7 Å². The van der Waals surface area contributed by atoms with Crippen molar-refractivity contribution in [1.82, 2.24) is 10.6 Å². The molecule has 4 nitrogen and oxygen atoms in total. The van der Waals surface area contributed by atoms with Crippen molar-refractivity contribution in [2.24, 2.45) is 0 Å². The first kappa shape index (κ1) is 18.4. The molecule has 1 aromatic carbocycles. The van der Waals surface area contributed by atoms with Crippen molar-refractivity contribution in [2.45, 2.75) is 58.7 Å². The van der Waals surface area contributed by atoms with E-state index in [1.807, 2.05) is 40.7 Å². The Morgan fingerprint density at radius 3 is 2.55 bits per heavy atom. The van der Waals surface area contributed by atoms with Gasteiger partial charge in [0.05, 0.1) is 0 Å². The molecule has 5 heteroatoms. The molecular weight excluding hydrogens is 283 g/mol. The van der Waals surface area contributed by atoms with Gasteiger partial charge in [-0.1, -0.05) is 12.1 Å². The zero-order chi connectivity index (χ0) is 16.8. The van der Waals surface area contributed by atoms with E-state index in [2.05, 4.69) is 10.6 Å². The average molecular weight is 310 g/mol. The second-order valence-electron chi connectivity index (χ2n) is 6.69. The fraction of sp³-hybridized carbons (Fsp3) is 0.588. The van der Waals surface area contributed by atoms with Crippen LogP contribution in [0.3, 0.4) is 0 Å². The van der Waals surface area contributed by atoms with Crippen molar-refractivity contribution in [1.29, 1.82) is 0 Å². The topological polar surface area (TPSA) is 50.4 Å². The van der Waals surface area contributed by atoms with Gasteiger partial charge in [-0.2, -0.15) is 0 Å². The number of hydrogen-bond acceptors (Lipinski definition) is 3. The largest absolute Gasteiger partial charge is 0.444 e. The third-order valence-electron chi connectivity index (χ3n) is 2.97. The summed E-state index contributed by atoms with van der Waals surface area (Å²) in [5.41, 5.74) is 0.454. The van der Waals surface area contributed by atoms with Crippen LogP contribution >= 0.6 is 0 Å². The molecule has 2 unspecified atom stereocenters. The summed E-state index contributed by atoms with van der Waals surface area (Å²) in [6.07, 6.45) is 0.316. The first-order chi connectivity index (χ1) is 10.2. The normalized spacial score (nSPS) is 14.3. The molecule has 124 valence electrons. The lowest BCUT2D eigenvalue weighted by atomic mass is 10.1. The number of benzene rings is 1. The number of carbonyl (C=O) groups is 1. The Hall–Kier alpha value is -1.62. The highest BCUT2D eigenvalue weighted by Gasteiger charge is 2.17. The molecule has 1 aromatic rings. The summed E-state index contributed by atoms with van der Waals surface area (Å²) in [7, 11) is 0. The molecule has 1 amide bonds. The predicted molar refractivity (Wildman–Crippen MR) is 86.4 cm³/mol. The maximum Gasteiger partial charge on any atom is 0.407 e. The van der Waals surface area contributed by atoms with Gasteiger partial charge in [-0.15, -0.1) is 0 Å². The van der Waals surface area contributed by atoms with E-state index >= 15 is 0 Å². The van der Waals surface area contributed by atoms with Crippen molar-refractivity contribution < 1.29 is 13.9 Å². The van der Waals surface area contributed by atoms with Gasteiger partial charge in [0, 0.05) is 18.6 Å². The van der Waals surface area contributed by atoms with E-state index in [0.717, 1.165) is 12.0 Å². The molecule has 0 aliphatic rings. The highest BCUT2D eigenvalue weighted by molar-refractivity contribution is 5.68. The molecule has 0 aliphatic carbocycles. The standard InChI is InChI=1S/C17H27FN2O2/c1-12(9-14-7-6-8-15(18)10-14)19-11-13(2)20-16(21)22-17(3,4)5/h6-8,10,12-13,19H,9,11H2,1-5H3,(H,20,21). The molecule has 2 N–H and O–H groups in total. The lowest BCUT2D eigenvalue weighted by Crippen LogP contribution is -2.44. The fourth-order valence-electron chi connectivity index (χ4n) is 2.03. The van der Waals surface area contributed by atoms with E-state index in [1.54, 1.807) is 12.1 Å². The van der Waals surface area contributed by atoms with Crippen molar-refractivity contribution in [3.63, 3.8) is 0 Å². The van der Waals surface area contributed by atoms with Gasteiger partial charge in [-0.25, -0.2) is 9.18 Å². The van der Waals surface area contributed by atoms with Crippen LogP contribution in [0.15, 0.2) is 24.3 Å². The molecule has 0 aliphatic heterocycles. The second kappa shape index (κ2) is 8.13. The van der Waals surface area contributed by atoms with Gasteiger partial charge in [0.1, 0.15) is 11.4 Å². The number of halogens is 1. The summed E-state index contributed by atoms with van der Waals surface area (Å²) < 4.78 is 18.3. The molecule has 0 aromatic heterocycles. The van der Waals surface area contributed by atoms with Gasteiger partial charge in [-0.3, -0.25) is 0 Å². The van der Waals surface area contributed by atoms with E-state index in [0.29, 0.717) is 6.54 Å². The first-order valence-corrected chi connectivity index (χ1v) is 7.63. The molecule has 0 saturated heterocycles. The van der Waals surface area contributed by atoms with E-state index in [4.69, 9.17) is 4.74 Å². The Kier molecular flexibility index (Phi) is 6.81. The Morgan fingerprint density at radius 1 is 1.27 bits per heavy atom. The molecule has 1 rings (SSSR count). The number of rotatable bonds is 6. The Morgan fingerprint density at radius 2 is 1.95 bits per heavy atom. The SMILES string of the molecule is CC(Cc1cccc(F)c1)NCC(C)NC(=O)OC(C)(C)C. The minimum absolute atomic E-state index is 0.0511. The smallest absolute Gasteiger partial charge is 0.407 e. The van der Waals surface area contributed by atoms with Crippen molar-refractivity contribution in [2.75, 3.05) is 6.54 Å². The zero-order valence-electron chi connectivity index (χ0n) is 14.1. The van der Waals surface area contributed by atoms with Crippen molar-refractivity contribution in [3.05, 3.63) is 35.6 Å². The van der Waals surface area contributed by atoms with Crippen LogP contribution in [0.25, 0.3) is 0 Å². The summed E-state index contributed by atoms with van der Waals surface area (Å²) in [6, 6.07) is 6.73. The maximum absolute atomic E-state index is 13.1. The number of amides is 1. The number of nitrogens with one attached hydrogen (secondary N) is 2. The molecule has 0 bridgehead atoms. The van der Waals surface area contributed by atoms with Gasteiger partial charge >= 0.3 is 6.09 Å². The Bertz CT molecular complexity index is 486. The van der Waals surface area contributed by atoms with Crippen LogP contribution in [0, 0.1) is 5.82 Å². The number of carbonyl (C=O) groups excluding carboxylic acids is 1. The fourth-order valence-corrected chi connectivity index (χ4v) is 2.03. The third kappa shape index (κ3) is 7.98. The monoisotopic (exact) mass is 310 g/mol. The van der Waals surface area contributed by atoms with E-state index in [-0.39, 0.29) is 17.9 Å². The summed E-state index contributed by atoms with van der Waals surface area (Å²) in [5, 5.41) is 6.11. The van der Waals surface area contributed by atoms with Crippen LogP contribution in [-0.2, 0) is 11.2 Å². The van der Waals surface area contributed by atoms with E-state index in [1.165, 1.54) is 6.07 Å². The molecule has 0 saturated carbocycles. The van der Waals surface area contributed by atoms with Gasteiger partial charge in [0.2, 0.25) is 0 Å². The summed E-state index contributed by atoms with van der Waals surface area (Å²) >= 11 is 0. The number of hydrogen-bond donors (Lipinski definition) is 2. The molecular formula is C17H27FN2O2. The lowest BCUT2D eigenvalue weighted by Gasteiger charge is -2.23. The maximum atomic E-state index is 13.1. The van der Waals surface area contributed by atoms with Crippen LogP contribution < -0.4 is 10.6 Å². The summed E-state index contributed by atoms with van der Waals surface area (Å²) in [5.74, 6) is -0.218. The summed E-state index contributed by atoms with van der Waals surface area (Å²) in [6.45, 7) is 10.1. The first-order valence-electron chi connectivity index (χ1n) is 7.63. The number of ether oxygens (including phenoxy) is 1. The van der Waals surface area contributed by atoms with Crippen LogP contribution in [0.5, 0.6) is 0 Å². The Labute approximate surface area is 132 Å². The molecule has 0 radical (unpaired) electrons. The minimum atomic E-state index is -0.498. The zero-order valence-corrected chi connectivity index (χ0v) is 14.1. The van der Waals surface area contributed by atoms with E-state index < -0.39 is 11.7 Å². The van der Waals surface area contributed by atoms with Crippen molar-refractivity contribution >= 4 is 6.09 Å². The third-order valence-corrected chi connectivity index (χ3v) is 2.97. The highest BCUT2D eigenvalue weighted by atomic mass is 19.1. The van der Waals surface area contributed by atoms with Crippen LogP contribution in [0.1, 0.15) is 40.2 Å².